The second-order valence-electron chi connectivity index (χ2n) is 14.6. The molecule has 4 heteroatoms. The molecule has 2 fully saturated rings. The fraction of sp³-hybridized carbons (Fsp3) is 0.568. The summed E-state index contributed by atoms with van der Waals surface area (Å²) in [7, 11) is 0. The van der Waals surface area contributed by atoms with E-state index in [2.05, 4.69) is 50.2 Å². The van der Waals surface area contributed by atoms with Crippen LogP contribution in [0.4, 0.5) is 0 Å². The molecule has 5 rings (SSSR count). The third-order valence-electron chi connectivity index (χ3n) is 11.1. The maximum atomic E-state index is 13.1. The highest BCUT2D eigenvalue weighted by atomic mass is 17.2. The Bertz CT molecular complexity index is 1310. The normalized spacial score (nSPS) is 21.9. The Labute approximate surface area is 293 Å². The highest BCUT2D eigenvalue weighted by Gasteiger charge is 2.24. The van der Waals surface area contributed by atoms with E-state index in [9.17, 15) is 4.79 Å². The summed E-state index contributed by atoms with van der Waals surface area (Å²) < 4.78 is 5.77. The van der Waals surface area contributed by atoms with Crippen LogP contribution in [0, 0.1) is 11.8 Å². The fourth-order valence-electron chi connectivity index (χ4n) is 7.98. The molecule has 0 aliphatic heterocycles. The number of carbonyl (C=O) groups excluding carboxylic acids is 1. The minimum atomic E-state index is -0.520. The molecule has 0 N–H and O–H groups in total. The summed E-state index contributed by atoms with van der Waals surface area (Å²) in [5, 5.41) is 0. The molecule has 4 nitrogen and oxygen atoms in total. The Balaban J connectivity index is 0.00000338. The maximum absolute atomic E-state index is 13.1. The van der Waals surface area contributed by atoms with E-state index in [-0.39, 0.29) is 15.4 Å². The first-order valence-corrected chi connectivity index (χ1v) is 19.3. The average Bonchev–Trinajstić information content (AvgIpc) is 3.14. The van der Waals surface area contributed by atoms with Gasteiger partial charge in [0.05, 0.1) is 5.56 Å². The van der Waals surface area contributed by atoms with E-state index in [0.717, 1.165) is 23.0 Å². The standard InChI is InChI=1S/C44H60O4.2H2/c1-3-5-8-12-34-16-22-37(23-17-34)39-26-20-36(21-27-39)32-47-48-43(41-14-10-7-11-15-41)33-46-44(45)42-30-28-40(29-31-42)38-24-18-35(19-25-38)13-9-6-4-2;;/h7,10-11,14-15,20-21,26-31,34-35,37-38,43H,3-6,8-9,12-13,16-19,22-25,32-33H2,1-2H3;2*1H. The third kappa shape index (κ3) is 11.3. The largest absolute Gasteiger partial charge is 0.459 e. The van der Waals surface area contributed by atoms with Crippen molar-refractivity contribution in [1.82, 2.24) is 0 Å². The molecule has 1 unspecified atom stereocenters. The molecule has 1 atom stereocenters. The summed E-state index contributed by atoms with van der Waals surface area (Å²) in [5.41, 5.74) is 5.34. The van der Waals surface area contributed by atoms with Gasteiger partial charge in [0.2, 0.25) is 0 Å². The number of hydrogen-bond donors (Lipinski definition) is 0. The first-order valence-electron chi connectivity index (χ1n) is 19.3. The lowest BCUT2D eigenvalue weighted by Gasteiger charge is -2.29. The number of esters is 1. The van der Waals surface area contributed by atoms with Crippen LogP contribution in [0.2, 0.25) is 0 Å². The first-order chi connectivity index (χ1) is 23.6. The first kappa shape index (κ1) is 36.3. The fourth-order valence-corrected chi connectivity index (χ4v) is 7.98. The van der Waals surface area contributed by atoms with Crippen molar-refractivity contribution < 1.29 is 22.2 Å². The van der Waals surface area contributed by atoms with Crippen LogP contribution < -0.4 is 0 Å². The molecule has 0 amide bonds. The van der Waals surface area contributed by atoms with Gasteiger partial charge in [0, 0.05) is 2.85 Å². The molecule has 2 saturated carbocycles. The lowest BCUT2D eigenvalue weighted by molar-refractivity contribution is -0.340. The monoisotopic (exact) mass is 656 g/mol. The van der Waals surface area contributed by atoms with Gasteiger partial charge in [-0.3, -0.25) is 0 Å². The molecule has 48 heavy (non-hydrogen) atoms. The summed E-state index contributed by atoms with van der Waals surface area (Å²) >= 11 is 0. The predicted molar refractivity (Wildman–Crippen MR) is 200 cm³/mol. The van der Waals surface area contributed by atoms with E-state index >= 15 is 0 Å². The van der Waals surface area contributed by atoms with Crippen molar-refractivity contribution in [3.63, 3.8) is 0 Å². The molecule has 3 aromatic carbocycles. The Kier molecular flexibility index (Phi) is 15.1. The number of rotatable bonds is 18. The van der Waals surface area contributed by atoms with Crippen molar-refractivity contribution in [1.29, 1.82) is 0 Å². The van der Waals surface area contributed by atoms with Gasteiger partial charge in [0.25, 0.3) is 0 Å². The molecule has 0 bridgehead atoms. The summed E-state index contributed by atoms with van der Waals surface area (Å²) in [4.78, 5) is 24.7. The van der Waals surface area contributed by atoms with E-state index in [1.54, 1.807) is 0 Å². The van der Waals surface area contributed by atoms with Gasteiger partial charge in [-0.2, -0.15) is 0 Å². The van der Waals surface area contributed by atoms with E-state index in [0.29, 0.717) is 24.0 Å². The minimum absolute atomic E-state index is 0. The Morgan fingerprint density at radius 1 is 0.667 bits per heavy atom. The zero-order valence-electron chi connectivity index (χ0n) is 29.8. The number of ether oxygens (including phenoxy) is 1. The molecule has 2 aliphatic carbocycles. The molecular weight excluding hydrogens is 592 g/mol. The second-order valence-corrected chi connectivity index (χ2v) is 14.6. The molecule has 0 saturated heterocycles. The summed E-state index contributed by atoms with van der Waals surface area (Å²) in [6, 6.07) is 26.8. The Hall–Kier alpha value is -2.95. The summed E-state index contributed by atoms with van der Waals surface area (Å²) in [5.74, 6) is 2.76. The van der Waals surface area contributed by atoms with E-state index in [1.165, 1.54) is 114 Å². The van der Waals surface area contributed by atoms with Crippen LogP contribution in [0.1, 0.15) is 170 Å². The molecular formula is C44H64O4. The molecule has 0 spiro atoms. The van der Waals surface area contributed by atoms with Crippen molar-refractivity contribution in [2.45, 2.75) is 141 Å². The number of unbranched alkanes of at least 4 members (excludes halogenated alkanes) is 4. The van der Waals surface area contributed by atoms with Crippen molar-refractivity contribution in [3.8, 4) is 0 Å². The van der Waals surface area contributed by atoms with E-state index < -0.39 is 6.10 Å². The second kappa shape index (κ2) is 19.9. The van der Waals surface area contributed by atoms with Crippen LogP contribution in [-0.2, 0) is 21.1 Å². The quantitative estimate of drug-likeness (QED) is 0.0591. The van der Waals surface area contributed by atoms with Crippen molar-refractivity contribution >= 4 is 5.97 Å². The van der Waals surface area contributed by atoms with Crippen LogP contribution >= 0.6 is 0 Å². The molecule has 0 heterocycles. The van der Waals surface area contributed by atoms with Gasteiger partial charge in [0.1, 0.15) is 13.2 Å². The Morgan fingerprint density at radius 2 is 1.19 bits per heavy atom. The van der Waals surface area contributed by atoms with Crippen LogP contribution in [0.5, 0.6) is 0 Å². The highest BCUT2D eigenvalue weighted by Crippen LogP contribution is 2.39. The molecule has 264 valence electrons. The SMILES string of the molecule is CCCCCC1CCC(c2ccc(COOC(COC(=O)c3ccc(C4CCC(CCCCC)CC4)cc3)c3ccccc3)cc2)CC1.[HH].[HH]. The molecule has 2 aliphatic rings. The van der Waals surface area contributed by atoms with Crippen molar-refractivity contribution in [2.75, 3.05) is 6.61 Å². The van der Waals surface area contributed by atoms with Gasteiger partial charge < -0.3 is 4.74 Å². The van der Waals surface area contributed by atoms with Gasteiger partial charge in [-0.1, -0.05) is 132 Å². The molecule has 0 aromatic heterocycles. The predicted octanol–water partition coefficient (Wildman–Crippen LogP) is 12.9. The summed E-state index contributed by atoms with van der Waals surface area (Å²) in [6.07, 6.45) is 20.9. The van der Waals surface area contributed by atoms with Crippen molar-refractivity contribution in [3.05, 3.63) is 107 Å². The van der Waals surface area contributed by atoms with Gasteiger partial charge in [0.15, 0.2) is 6.10 Å². The van der Waals surface area contributed by atoms with Crippen LogP contribution in [-0.4, -0.2) is 12.6 Å². The van der Waals surface area contributed by atoms with Gasteiger partial charge in [-0.25, -0.2) is 14.6 Å². The average molecular weight is 657 g/mol. The van der Waals surface area contributed by atoms with Crippen LogP contribution in [0.3, 0.4) is 0 Å². The maximum Gasteiger partial charge on any atom is 0.338 e. The van der Waals surface area contributed by atoms with Gasteiger partial charge in [-0.15, -0.1) is 0 Å². The lowest BCUT2D eigenvalue weighted by atomic mass is 9.77. The topological polar surface area (TPSA) is 44.8 Å². The highest BCUT2D eigenvalue weighted by molar-refractivity contribution is 5.89. The zero-order chi connectivity index (χ0) is 33.4. The van der Waals surface area contributed by atoms with Crippen LogP contribution in [0.15, 0.2) is 78.9 Å². The van der Waals surface area contributed by atoms with Crippen LogP contribution in [0.25, 0.3) is 0 Å². The number of benzene rings is 3. The van der Waals surface area contributed by atoms with Gasteiger partial charge in [-0.05, 0) is 109 Å². The van der Waals surface area contributed by atoms with Crippen molar-refractivity contribution in [2.24, 2.45) is 11.8 Å². The third-order valence-corrected chi connectivity index (χ3v) is 11.1. The number of hydrogen-bond acceptors (Lipinski definition) is 4. The van der Waals surface area contributed by atoms with E-state index in [1.807, 2.05) is 42.5 Å². The molecule has 0 radical (unpaired) electrons. The van der Waals surface area contributed by atoms with E-state index in [4.69, 9.17) is 14.5 Å². The number of carbonyl (C=O) groups is 1. The van der Waals surface area contributed by atoms with Gasteiger partial charge >= 0.3 is 5.97 Å². The Morgan fingerprint density at radius 3 is 1.71 bits per heavy atom. The minimum Gasteiger partial charge on any atom is -0.459 e. The lowest BCUT2D eigenvalue weighted by Crippen LogP contribution is -2.16. The smallest absolute Gasteiger partial charge is 0.338 e. The zero-order valence-corrected chi connectivity index (χ0v) is 29.8. The summed E-state index contributed by atoms with van der Waals surface area (Å²) in [6.45, 7) is 4.98. The molecule has 3 aromatic rings.